The van der Waals surface area contributed by atoms with Crippen LogP contribution in [0.3, 0.4) is 0 Å². The Kier molecular flexibility index (Phi) is 58.0. The van der Waals surface area contributed by atoms with Crippen LogP contribution >= 0.6 is 0 Å². The molecule has 0 spiro atoms. The van der Waals surface area contributed by atoms with Crippen LogP contribution in [0.15, 0.2) is 36.5 Å². The quantitative estimate of drug-likeness (QED) is 0.0321. The molecule has 0 aliphatic rings. The molecule has 6 nitrogen and oxygen atoms in total. The molecule has 412 valence electrons. The maximum absolute atomic E-state index is 12.5. The van der Waals surface area contributed by atoms with Crippen molar-refractivity contribution < 1.29 is 24.5 Å². The lowest BCUT2D eigenvalue weighted by molar-refractivity contribution is -0.143. The first-order chi connectivity index (χ1) is 34.5. The normalized spacial score (nSPS) is 12.8. The summed E-state index contributed by atoms with van der Waals surface area (Å²) in [4.78, 5) is 24.5. The largest absolute Gasteiger partial charge is 0.466 e. The average molecular weight is 985 g/mol. The van der Waals surface area contributed by atoms with Gasteiger partial charge in [-0.15, -0.1) is 0 Å². The molecule has 0 bridgehead atoms. The monoisotopic (exact) mass is 984 g/mol. The van der Waals surface area contributed by atoms with Crippen LogP contribution in [-0.4, -0.2) is 47.4 Å². The molecule has 2 unspecified atom stereocenters. The first-order valence-corrected chi connectivity index (χ1v) is 31.2. The molecule has 0 fully saturated rings. The SMILES string of the molecule is CCCCCC/C=C\C/C=C\CCCCCCCCCC(=O)OCCCCCCCCCCCCC/C=C\CCCCCCCCCC(=O)NC(CO)C(O)CCCCCCCCCCCCCCC. The van der Waals surface area contributed by atoms with E-state index in [1.165, 1.54) is 250 Å². The second-order valence-electron chi connectivity index (χ2n) is 21.4. The van der Waals surface area contributed by atoms with Gasteiger partial charge in [0.15, 0.2) is 0 Å². The van der Waals surface area contributed by atoms with Crippen molar-refractivity contribution in [3.05, 3.63) is 36.5 Å². The van der Waals surface area contributed by atoms with Crippen LogP contribution in [0, 0.1) is 0 Å². The Morgan fingerprint density at radius 2 is 0.714 bits per heavy atom. The fourth-order valence-corrected chi connectivity index (χ4v) is 9.61. The van der Waals surface area contributed by atoms with Crippen LogP contribution in [0.2, 0.25) is 0 Å². The number of aliphatic hydroxyl groups excluding tert-OH is 2. The van der Waals surface area contributed by atoms with Gasteiger partial charge < -0.3 is 20.3 Å². The van der Waals surface area contributed by atoms with E-state index >= 15 is 0 Å². The number of nitrogens with one attached hydrogen (secondary N) is 1. The van der Waals surface area contributed by atoms with E-state index in [-0.39, 0.29) is 18.5 Å². The fourth-order valence-electron chi connectivity index (χ4n) is 9.61. The molecule has 0 heterocycles. The molecule has 0 aromatic carbocycles. The van der Waals surface area contributed by atoms with E-state index in [9.17, 15) is 19.8 Å². The first kappa shape index (κ1) is 68.1. The molecule has 0 aromatic heterocycles. The summed E-state index contributed by atoms with van der Waals surface area (Å²) in [5.41, 5.74) is 0. The maximum Gasteiger partial charge on any atom is 0.305 e. The average Bonchev–Trinajstić information content (AvgIpc) is 3.36. The molecule has 0 aromatic rings. The van der Waals surface area contributed by atoms with Crippen LogP contribution < -0.4 is 5.32 Å². The molecule has 6 heteroatoms. The predicted molar refractivity (Wildman–Crippen MR) is 306 cm³/mol. The Bertz CT molecular complexity index is 1130. The molecule has 2 atom stereocenters. The van der Waals surface area contributed by atoms with Gasteiger partial charge in [0.2, 0.25) is 5.91 Å². The van der Waals surface area contributed by atoms with E-state index in [4.69, 9.17) is 4.74 Å². The van der Waals surface area contributed by atoms with Crippen LogP contribution in [0.1, 0.15) is 335 Å². The number of amides is 1. The van der Waals surface area contributed by atoms with E-state index in [1.807, 2.05) is 0 Å². The zero-order valence-electron chi connectivity index (χ0n) is 47.0. The van der Waals surface area contributed by atoms with Gasteiger partial charge in [0.05, 0.1) is 25.4 Å². The van der Waals surface area contributed by atoms with E-state index < -0.39 is 12.1 Å². The van der Waals surface area contributed by atoms with Gasteiger partial charge in [0, 0.05) is 12.8 Å². The molecule has 0 radical (unpaired) electrons. The Balaban J connectivity index is 3.40. The number of aliphatic hydroxyl groups is 2. The number of esters is 1. The number of rotatable bonds is 58. The van der Waals surface area contributed by atoms with Crippen molar-refractivity contribution in [2.45, 2.75) is 347 Å². The van der Waals surface area contributed by atoms with Gasteiger partial charge in [0.1, 0.15) is 0 Å². The summed E-state index contributed by atoms with van der Waals surface area (Å²) in [6.07, 6.45) is 74.4. The Hall–Kier alpha value is -1.92. The topological polar surface area (TPSA) is 95.9 Å². The zero-order chi connectivity index (χ0) is 50.7. The summed E-state index contributed by atoms with van der Waals surface area (Å²) in [5, 5.41) is 23.2. The predicted octanol–water partition coefficient (Wildman–Crippen LogP) is 19.6. The molecular formula is C64H121NO5. The Morgan fingerprint density at radius 3 is 1.11 bits per heavy atom. The minimum atomic E-state index is -0.668. The van der Waals surface area contributed by atoms with Crippen molar-refractivity contribution in [3.8, 4) is 0 Å². The summed E-state index contributed by atoms with van der Waals surface area (Å²) in [7, 11) is 0. The van der Waals surface area contributed by atoms with Gasteiger partial charge in [-0.05, 0) is 83.5 Å². The number of unbranched alkanes of at least 4 members (excludes halogenated alkanes) is 41. The van der Waals surface area contributed by atoms with E-state index in [2.05, 4.69) is 55.6 Å². The second kappa shape index (κ2) is 59.6. The van der Waals surface area contributed by atoms with E-state index in [1.54, 1.807) is 0 Å². The van der Waals surface area contributed by atoms with Gasteiger partial charge in [-0.3, -0.25) is 9.59 Å². The highest BCUT2D eigenvalue weighted by molar-refractivity contribution is 5.76. The summed E-state index contributed by atoms with van der Waals surface area (Å²) < 4.78 is 5.49. The molecule has 1 amide bonds. The molecule has 0 rings (SSSR count). The third-order valence-corrected chi connectivity index (χ3v) is 14.4. The summed E-state index contributed by atoms with van der Waals surface area (Å²) in [6, 6.07) is -0.546. The van der Waals surface area contributed by atoms with Crippen LogP contribution in [0.4, 0.5) is 0 Å². The lowest BCUT2D eigenvalue weighted by atomic mass is 10.0. The van der Waals surface area contributed by atoms with Crippen molar-refractivity contribution in [1.82, 2.24) is 5.32 Å². The highest BCUT2D eigenvalue weighted by Gasteiger charge is 2.20. The van der Waals surface area contributed by atoms with E-state index in [0.29, 0.717) is 25.9 Å². The number of carbonyl (C=O) groups is 2. The van der Waals surface area contributed by atoms with Gasteiger partial charge in [-0.25, -0.2) is 0 Å². The molecule has 0 aliphatic heterocycles. The van der Waals surface area contributed by atoms with Crippen LogP contribution in [-0.2, 0) is 14.3 Å². The third kappa shape index (κ3) is 55.4. The smallest absolute Gasteiger partial charge is 0.305 e. The van der Waals surface area contributed by atoms with Gasteiger partial charge >= 0.3 is 5.97 Å². The third-order valence-electron chi connectivity index (χ3n) is 14.4. The lowest BCUT2D eigenvalue weighted by Gasteiger charge is -2.22. The molecule has 0 saturated heterocycles. The summed E-state index contributed by atoms with van der Waals surface area (Å²) in [6.45, 7) is 4.94. The number of hydrogen-bond donors (Lipinski definition) is 3. The van der Waals surface area contributed by atoms with Crippen molar-refractivity contribution >= 4 is 11.9 Å². The molecule has 0 aliphatic carbocycles. The number of ether oxygens (including phenoxy) is 1. The number of hydrogen-bond acceptors (Lipinski definition) is 5. The summed E-state index contributed by atoms with van der Waals surface area (Å²) in [5.74, 6) is -0.0389. The van der Waals surface area contributed by atoms with Crippen LogP contribution in [0.5, 0.6) is 0 Å². The van der Waals surface area contributed by atoms with Gasteiger partial charge in [-0.1, -0.05) is 275 Å². The molecule has 0 saturated carbocycles. The first-order valence-electron chi connectivity index (χ1n) is 31.2. The maximum atomic E-state index is 12.5. The van der Waals surface area contributed by atoms with Crippen molar-refractivity contribution in [2.75, 3.05) is 13.2 Å². The number of carbonyl (C=O) groups excluding carboxylic acids is 2. The van der Waals surface area contributed by atoms with Crippen LogP contribution in [0.25, 0.3) is 0 Å². The van der Waals surface area contributed by atoms with Crippen molar-refractivity contribution in [3.63, 3.8) is 0 Å². The zero-order valence-corrected chi connectivity index (χ0v) is 47.0. The standard InChI is InChI=1S/C64H121NO5/c1-3-5-7-9-11-13-15-17-18-19-27-30-34-38-42-46-50-54-58-64(69)70-59-55-51-47-43-39-35-31-28-25-23-21-20-22-24-26-29-33-37-41-45-49-53-57-63(68)65-61(60-66)62(67)56-52-48-44-40-36-32-16-14-12-10-8-6-4-2/h13,15,18-19,22,24,61-62,66-67H,3-12,14,16-17,20-21,23,25-60H2,1-2H3,(H,65,68)/b15-13-,19-18-,24-22-. The highest BCUT2D eigenvalue weighted by atomic mass is 16.5. The lowest BCUT2D eigenvalue weighted by Crippen LogP contribution is -2.45. The minimum absolute atomic E-state index is 0.00270. The van der Waals surface area contributed by atoms with Gasteiger partial charge in [0.25, 0.3) is 0 Å². The molecular weight excluding hydrogens is 863 g/mol. The number of allylic oxidation sites excluding steroid dienone is 6. The fraction of sp³-hybridized carbons (Fsp3) is 0.875. The second-order valence-corrected chi connectivity index (χ2v) is 21.4. The Labute approximate surface area is 436 Å². The van der Waals surface area contributed by atoms with Crippen molar-refractivity contribution in [1.29, 1.82) is 0 Å². The van der Waals surface area contributed by atoms with Gasteiger partial charge in [-0.2, -0.15) is 0 Å². The van der Waals surface area contributed by atoms with E-state index in [0.717, 1.165) is 51.4 Å². The summed E-state index contributed by atoms with van der Waals surface area (Å²) >= 11 is 0. The van der Waals surface area contributed by atoms with Crippen molar-refractivity contribution in [2.24, 2.45) is 0 Å². The highest BCUT2D eigenvalue weighted by Crippen LogP contribution is 2.17. The molecule has 3 N–H and O–H groups in total. The minimum Gasteiger partial charge on any atom is -0.466 e. The Morgan fingerprint density at radius 1 is 0.400 bits per heavy atom. The molecule has 70 heavy (non-hydrogen) atoms.